The smallest absolute Gasteiger partial charge is 0.248 e. The molecule has 0 unspecified atom stereocenters. The molecule has 13 nitrogen and oxygen atoms in total. The van der Waals surface area contributed by atoms with Crippen LogP contribution in [0.1, 0.15) is 66.5 Å². The Morgan fingerprint density at radius 3 is 2.69 bits per heavy atom. The number of amides is 3. The lowest BCUT2D eigenvalue weighted by Gasteiger charge is -2.27. The van der Waals surface area contributed by atoms with Crippen molar-refractivity contribution in [2.45, 2.75) is 77.6 Å². The molecule has 7 rings (SSSR count). The van der Waals surface area contributed by atoms with E-state index in [0.717, 1.165) is 23.1 Å². The van der Waals surface area contributed by atoms with E-state index in [0.29, 0.717) is 71.4 Å². The van der Waals surface area contributed by atoms with Crippen molar-refractivity contribution in [3.63, 3.8) is 0 Å². The lowest BCUT2D eigenvalue weighted by atomic mass is 9.98. The molecule has 2 fully saturated rings. The topological polar surface area (TPSA) is 161 Å². The highest BCUT2D eigenvalue weighted by Crippen LogP contribution is 2.59. The molecule has 264 valence electrons. The van der Waals surface area contributed by atoms with E-state index in [1.165, 1.54) is 6.92 Å². The van der Waals surface area contributed by atoms with Crippen LogP contribution in [0.25, 0.3) is 22.0 Å². The number of piperidine rings is 1. The second-order valence-electron chi connectivity index (χ2n) is 13.6. The summed E-state index contributed by atoms with van der Waals surface area (Å²) < 4.78 is 7.47. The molecule has 2 bridgehead atoms. The molecule has 5 heterocycles. The number of allylic oxidation sites excluding steroid dienone is 2. The Balaban J connectivity index is 1.29. The minimum absolute atomic E-state index is 0.0484. The molecule has 2 aliphatic heterocycles. The van der Waals surface area contributed by atoms with Crippen LogP contribution in [0.4, 0.5) is 5.82 Å². The number of anilines is 1. The highest BCUT2D eigenvalue weighted by Gasteiger charge is 2.67. The van der Waals surface area contributed by atoms with E-state index in [1.54, 1.807) is 35.2 Å². The predicted molar refractivity (Wildman–Crippen MR) is 193 cm³/mol. The number of halogens is 1. The molecule has 3 aliphatic rings. The molecular weight excluding hydrogens is 716 g/mol. The number of pyridine rings is 1. The number of ketones is 1. The van der Waals surface area contributed by atoms with Crippen LogP contribution < -0.4 is 10.6 Å². The zero-order valence-corrected chi connectivity index (χ0v) is 30.3. The molecule has 2 N–H and O–H groups in total. The first-order chi connectivity index (χ1) is 24.6. The maximum Gasteiger partial charge on any atom is 0.248 e. The summed E-state index contributed by atoms with van der Waals surface area (Å²) in [6, 6.07) is 6.46. The molecule has 4 aromatic rings. The second kappa shape index (κ2) is 14.1. The van der Waals surface area contributed by atoms with Crippen molar-refractivity contribution >= 4 is 56.2 Å². The lowest BCUT2D eigenvalue weighted by molar-refractivity contribution is -0.138. The van der Waals surface area contributed by atoms with Gasteiger partial charge in [-0.3, -0.25) is 23.9 Å². The first-order valence-corrected chi connectivity index (χ1v) is 17.9. The second-order valence-corrected chi connectivity index (χ2v) is 14.4. The Labute approximate surface area is 303 Å². The molecule has 0 spiro atoms. The summed E-state index contributed by atoms with van der Waals surface area (Å²) in [5.41, 5.74) is 3.70. The van der Waals surface area contributed by atoms with Gasteiger partial charge in [-0.1, -0.05) is 18.2 Å². The summed E-state index contributed by atoms with van der Waals surface area (Å²) in [5.74, 6) is 0.0464. The average Bonchev–Trinajstić information content (AvgIpc) is 3.51. The van der Waals surface area contributed by atoms with Gasteiger partial charge in [0.15, 0.2) is 5.78 Å². The summed E-state index contributed by atoms with van der Waals surface area (Å²) in [4.78, 5) is 69.3. The molecule has 1 aromatic carbocycles. The molecule has 14 heteroatoms. The van der Waals surface area contributed by atoms with E-state index in [-0.39, 0.29) is 48.4 Å². The van der Waals surface area contributed by atoms with Crippen LogP contribution in [-0.4, -0.2) is 78.9 Å². The zero-order chi connectivity index (χ0) is 35.9. The van der Waals surface area contributed by atoms with E-state index in [9.17, 15) is 19.2 Å². The fourth-order valence-electron chi connectivity index (χ4n) is 7.44. The van der Waals surface area contributed by atoms with Gasteiger partial charge in [-0.15, -0.1) is 0 Å². The highest BCUT2D eigenvalue weighted by atomic mass is 79.9. The van der Waals surface area contributed by atoms with Gasteiger partial charge in [0, 0.05) is 67.4 Å². The molecular formula is C37H39BrN8O5. The van der Waals surface area contributed by atoms with Crippen LogP contribution in [0.5, 0.6) is 0 Å². The predicted octanol–water partition coefficient (Wildman–Crippen LogP) is 4.71. The van der Waals surface area contributed by atoms with Crippen molar-refractivity contribution < 1.29 is 23.9 Å². The van der Waals surface area contributed by atoms with Gasteiger partial charge in [-0.05, 0) is 84.3 Å². The average molecular weight is 756 g/mol. The standard InChI is InChI=1S/C37H39BrN8O5/c1-21(47)33-27-13-25(26-16-39-22(2)40-17-26)12-23-8-6-4-5-7-9-31(48)41-20-37-14-28(36(50)43-35-24(19-51-3)10-11-30(38)42-35)46(29(37)15-37)32(49)18-45(44-33)34(23)27/h4,6,10-13,16-17,28-29H,5,7-9,14-15,18-20H2,1-3H3,(H,41,48)(H,42,43,50)/b6-4+/t28-,29+,37-/m0/s1. The van der Waals surface area contributed by atoms with Crippen molar-refractivity contribution in [1.29, 1.82) is 0 Å². The van der Waals surface area contributed by atoms with Crippen LogP contribution in [-0.2, 0) is 38.7 Å². The third-order valence-corrected chi connectivity index (χ3v) is 10.5. The Hall–Kier alpha value is -4.82. The third-order valence-electron chi connectivity index (χ3n) is 10.1. The van der Waals surface area contributed by atoms with Gasteiger partial charge < -0.3 is 20.3 Å². The Morgan fingerprint density at radius 1 is 1.12 bits per heavy atom. The fourth-order valence-corrected chi connectivity index (χ4v) is 7.75. The maximum absolute atomic E-state index is 14.5. The van der Waals surface area contributed by atoms with E-state index < -0.39 is 11.5 Å². The Kier molecular flexibility index (Phi) is 9.55. The Morgan fingerprint density at radius 2 is 1.92 bits per heavy atom. The van der Waals surface area contributed by atoms with Crippen LogP contribution >= 0.6 is 15.9 Å². The molecule has 3 aromatic heterocycles. The van der Waals surface area contributed by atoms with E-state index >= 15 is 0 Å². The van der Waals surface area contributed by atoms with Gasteiger partial charge in [0.05, 0.1) is 12.1 Å². The minimum Gasteiger partial charge on any atom is -0.380 e. The van der Waals surface area contributed by atoms with Crippen LogP contribution in [0, 0.1) is 12.3 Å². The lowest BCUT2D eigenvalue weighted by Crippen LogP contribution is -2.47. The number of hydrogen-bond donors (Lipinski definition) is 2. The fraction of sp³-hybridized carbons (Fsp3) is 0.405. The number of benzene rings is 1. The number of carbonyl (C=O) groups is 4. The number of nitrogens with zero attached hydrogens (tertiary/aromatic N) is 6. The van der Waals surface area contributed by atoms with Gasteiger partial charge in [-0.2, -0.15) is 5.10 Å². The summed E-state index contributed by atoms with van der Waals surface area (Å²) in [5, 5.41) is 11.4. The van der Waals surface area contributed by atoms with Gasteiger partial charge in [-0.25, -0.2) is 15.0 Å². The largest absolute Gasteiger partial charge is 0.380 e. The quantitative estimate of drug-likeness (QED) is 0.162. The third kappa shape index (κ3) is 6.94. The summed E-state index contributed by atoms with van der Waals surface area (Å²) >= 11 is 3.39. The van der Waals surface area contributed by atoms with Gasteiger partial charge in [0.1, 0.15) is 34.5 Å². The number of nitrogens with one attached hydrogen (secondary N) is 2. The molecule has 0 radical (unpaired) electrons. The van der Waals surface area contributed by atoms with Crippen LogP contribution in [0.15, 0.2) is 53.4 Å². The maximum atomic E-state index is 14.5. The number of aromatic nitrogens is 5. The van der Waals surface area contributed by atoms with Crippen LogP contribution in [0.2, 0.25) is 0 Å². The first-order valence-electron chi connectivity index (χ1n) is 17.1. The SMILES string of the molecule is COCc1ccc(Br)nc1NC(=O)[C@@H]1C[C@]23CNC(=O)CCC/C=C/Cc4cc(-c5cnc(C)nc5)cc5c(C(C)=O)nn(c45)CC(=O)N1[C@@H]2C3. The van der Waals surface area contributed by atoms with Crippen molar-refractivity contribution in [1.82, 2.24) is 34.9 Å². The molecule has 3 amide bonds. The highest BCUT2D eigenvalue weighted by molar-refractivity contribution is 9.10. The van der Waals surface area contributed by atoms with E-state index in [4.69, 9.17) is 9.84 Å². The monoisotopic (exact) mass is 754 g/mol. The number of hydrogen-bond acceptors (Lipinski definition) is 9. The van der Waals surface area contributed by atoms with Gasteiger partial charge >= 0.3 is 0 Å². The summed E-state index contributed by atoms with van der Waals surface area (Å²) in [6.45, 7) is 3.72. The van der Waals surface area contributed by atoms with Crippen molar-refractivity contribution in [3.05, 3.63) is 76.1 Å². The number of methoxy groups -OCH3 is 1. The van der Waals surface area contributed by atoms with Crippen molar-refractivity contribution in [3.8, 4) is 11.1 Å². The number of ether oxygens (including phenoxy) is 1. The molecule has 51 heavy (non-hydrogen) atoms. The first kappa shape index (κ1) is 34.6. The molecule has 1 saturated carbocycles. The number of carbonyl (C=O) groups excluding carboxylic acids is 4. The van der Waals surface area contributed by atoms with Crippen molar-refractivity contribution in [2.75, 3.05) is 19.0 Å². The summed E-state index contributed by atoms with van der Waals surface area (Å²) in [6.07, 6.45) is 10.9. The summed E-state index contributed by atoms with van der Waals surface area (Å²) in [7, 11) is 1.56. The van der Waals surface area contributed by atoms with Gasteiger partial charge in [0.2, 0.25) is 17.7 Å². The molecule has 1 aliphatic carbocycles. The number of rotatable bonds is 6. The Bertz CT molecular complexity index is 2080. The molecule has 3 atom stereocenters. The normalized spacial score (nSPS) is 22.6. The van der Waals surface area contributed by atoms with E-state index in [2.05, 4.69) is 47.6 Å². The number of Topliss-reactive ketones (excluding diaryl/α,β-unsaturated/α-hetero) is 1. The van der Waals surface area contributed by atoms with Crippen LogP contribution in [0.3, 0.4) is 0 Å². The number of aryl methyl sites for hydroxylation is 1. The zero-order valence-electron chi connectivity index (χ0n) is 28.7. The van der Waals surface area contributed by atoms with E-state index in [1.807, 2.05) is 31.2 Å². The minimum atomic E-state index is -0.812. The van der Waals surface area contributed by atoms with Crippen molar-refractivity contribution in [2.24, 2.45) is 5.41 Å². The van der Waals surface area contributed by atoms with Gasteiger partial charge in [0.25, 0.3) is 0 Å². The molecule has 1 saturated heterocycles.